The predicted molar refractivity (Wildman–Crippen MR) is 102 cm³/mol. The molecule has 0 aliphatic carbocycles. The predicted octanol–water partition coefficient (Wildman–Crippen LogP) is 1.74. The largest absolute Gasteiger partial charge is 0.328 e. The highest BCUT2D eigenvalue weighted by Crippen LogP contribution is 2.40. The zero-order chi connectivity index (χ0) is 19.0. The lowest BCUT2D eigenvalue weighted by Gasteiger charge is -2.44. The smallest absolute Gasteiger partial charge is 0.267 e. The number of rotatable bonds is 3. The van der Waals surface area contributed by atoms with Crippen LogP contribution in [0.2, 0.25) is 0 Å². The first-order chi connectivity index (χ1) is 13.0. The van der Waals surface area contributed by atoms with Crippen molar-refractivity contribution in [2.75, 3.05) is 18.0 Å². The van der Waals surface area contributed by atoms with E-state index in [2.05, 4.69) is 10.2 Å². The van der Waals surface area contributed by atoms with Gasteiger partial charge in [0.15, 0.2) is 0 Å². The molecule has 2 aromatic rings. The second-order valence-corrected chi connectivity index (χ2v) is 7.52. The van der Waals surface area contributed by atoms with Gasteiger partial charge in [0.25, 0.3) is 11.5 Å². The molecule has 3 heterocycles. The van der Waals surface area contributed by atoms with Crippen molar-refractivity contribution in [2.45, 2.75) is 44.6 Å². The molecule has 2 amide bonds. The van der Waals surface area contributed by atoms with Crippen LogP contribution in [0.3, 0.4) is 0 Å². The summed E-state index contributed by atoms with van der Waals surface area (Å²) < 4.78 is 0. The summed E-state index contributed by atoms with van der Waals surface area (Å²) in [4.78, 5) is 41.7. The van der Waals surface area contributed by atoms with Gasteiger partial charge >= 0.3 is 0 Å². The van der Waals surface area contributed by atoms with Gasteiger partial charge in [-0.2, -0.15) is 0 Å². The van der Waals surface area contributed by atoms with E-state index in [1.165, 1.54) is 6.20 Å². The van der Waals surface area contributed by atoms with Gasteiger partial charge in [-0.15, -0.1) is 0 Å². The zero-order valence-electron chi connectivity index (χ0n) is 15.5. The minimum Gasteiger partial charge on any atom is -0.328 e. The molecule has 1 spiro atoms. The third-order valence-corrected chi connectivity index (χ3v) is 5.82. The Labute approximate surface area is 157 Å². The number of benzene rings is 1. The minimum atomic E-state index is -0.775. The van der Waals surface area contributed by atoms with Crippen LogP contribution in [0.25, 0.3) is 0 Å². The molecule has 1 aromatic heterocycles. The van der Waals surface area contributed by atoms with Gasteiger partial charge in [0, 0.05) is 30.5 Å². The normalized spacial score (nSPS) is 22.6. The average Bonchev–Trinajstić information content (AvgIpc) is 3.26. The summed E-state index contributed by atoms with van der Waals surface area (Å²) in [5, 5.41) is 5.07. The van der Waals surface area contributed by atoms with E-state index >= 15 is 0 Å². The lowest BCUT2D eigenvalue weighted by Crippen LogP contribution is -2.61. The number of hydrogen-bond acceptors (Lipinski definition) is 3. The molecule has 0 radical (unpaired) electrons. The second kappa shape index (κ2) is 6.72. The molecule has 0 saturated carbocycles. The highest BCUT2D eigenvalue weighted by Gasteiger charge is 2.52. The van der Waals surface area contributed by atoms with Crippen LogP contribution in [-0.4, -0.2) is 45.5 Å². The van der Waals surface area contributed by atoms with Crippen LogP contribution in [0.15, 0.2) is 35.3 Å². The first-order valence-electron chi connectivity index (χ1n) is 9.45. The minimum absolute atomic E-state index is 0.00595. The summed E-state index contributed by atoms with van der Waals surface area (Å²) in [6.07, 6.45) is 4.56. The Morgan fingerprint density at radius 3 is 2.48 bits per heavy atom. The Morgan fingerprint density at radius 1 is 1.11 bits per heavy atom. The number of aromatic amines is 2. The summed E-state index contributed by atoms with van der Waals surface area (Å²) in [7, 11) is 0. The summed E-state index contributed by atoms with van der Waals surface area (Å²) in [6.45, 7) is 3.25. The van der Waals surface area contributed by atoms with E-state index in [1.54, 1.807) is 4.90 Å². The summed E-state index contributed by atoms with van der Waals surface area (Å²) in [5.41, 5.74) is 1.37. The van der Waals surface area contributed by atoms with E-state index in [9.17, 15) is 14.4 Å². The number of anilines is 1. The van der Waals surface area contributed by atoms with Crippen LogP contribution in [0.5, 0.6) is 0 Å². The standard InChI is InChI=1S/C20H24N4O3/c1-14-4-6-16(7-5-14)23-10-2-8-20(19(23)27)9-3-11-24(20)17(25)12-15-13-21-22-18(15)26/h4-7,13H,2-3,8-12H2,1H3,(H2,21,22,26). The van der Waals surface area contributed by atoms with Crippen molar-refractivity contribution >= 4 is 17.5 Å². The molecule has 1 unspecified atom stereocenters. The maximum Gasteiger partial charge on any atom is 0.267 e. The molecule has 4 rings (SSSR count). The Kier molecular flexibility index (Phi) is 4.37. The number of likely N-dealkylation sites (tertiary alicyclic amines) is 1. The van der Waals surface area contributed by atoms with E-state index in [1.807, 2.05) is 36.1 Å². The number of H-pyrrole nitrogens is 2. The van der Waals surface area contributed by atoms with Crippen LogP contribution in [0, 0.1) is 6.92 Å². The molecule has 2 aliphatic rings. The zero-order valence-corrected chi connectivity index (χ0v) is 15.5. The topological polar surface area (TPSA) is 89.3 Å². The second-order valence-electron chi connectivity index (χ2n) is 7.52. The van der Waals surface area contributed by atoms with Crippen LogP contribution in [0.1, 0.15) is 36.8 Å². The molecule has 0 bridgehead atoms. The SMILES string of the molecule is Cc1ccc(N2CCCC3(CCCN3C(=O)Cc3c[nH][nH]c3=O)C2=O)cc1. The van der Waals surface area contributed by atoms with Gasteiger partial charge in [-0.3, -0.25) is 19.5 Å². The Balaban J connectivity index is 1.60. The number of aryl methyl sites for hydroxylation is 1. The Morgan fingerprint density at radius 2 is 1.81 bits per heavy atom. The van der Waals surface area contributed by atoms with E-state index in [-0.39, 0.29) is 23.8 Å². The quantitative estimate of drug-likeness (QED) is 0.865. The highest BCUT2D eigenvalue weighted by molar-refractivity contribution is 6.03. The van der Waals surface area contributed by atoms with E-state index in [0.29, 0.717) is 31.5 Å². The molecule has 7 heteroatoms. The molecule has 27 heavy (non-hydrogen) atoms. The van der Waals surface area contributed by atoms with Crippen molar-refractivity contribution in [2.24, 2.45) is 0 Å². The van der Waals surface area contributed by atoms with Crippen molar-refractivity contribution < 1.29 is 9.59 Å². The van der Waals surface area contributed by atoms with Crippen molar-refractivity contribution in [1.82, 2.24) is 15.1 Å². The highest BCUT2D eigenvalue weighted by atomic mass is 16.2. The number of piperidine rings is 1. The van der Waals surface area contributed by atoms with Gasteiger partial charge in [0.1, 0.15) is 5.54 Å². The van der Waals surface area contributed by atoms with Gasteiger partial charge in [-0.1, -0.05) is 17.7 Å². The molecular formula is C20H24N4O3. The average molecular weight is 368 g/mol. The van der Waals surface area contributed by atoms with Crippen molar-refractivity contribution in [3.63, 3.8) is 0 Å². The van der Waals surface area contributed by atoms with Crippen molar-refractivity contribution in [1.29, 1.82) is 0 Å². The van der Waals surface area contributed by atoms with Gasteiger partial charge in [0.05, 0.1) is 6.42 Å². The molecule has 2 N–H and O–H groups in total. The fraction of sp³-hybridized carbons (Fsp3) is 0.450. The number of nitrogens with zero attached hydrogens (tertiary/aromatic N) is 2. The van der Waals surface area contributed by atoms with Gasteiger partial charge < -0.3 is 14.9 Å². The van der Waals surface area contributed by atoms with Gasteiger partial charge in [-0.25, -0.2) is 0 Å². The maximum absolute atomic E-state index is 13.5. The number of hydrogen-bond donors (Lipinski definition) is 2. The molecule has 142 valence electrons. The first-order valence-corrected chi connectivity index (χ1v) is 9.45. The molecule has 1 aromatic carbocycles. The van der Waals surface area contributed by atoms with Crippen LogP contribution >= 0.6 is 0 Å². The van der Waals surface area contributed by atoms with E-state index < -0.39 is 5.54 Å². The van der Waals surface area contributed by atoms with E-state index in [0.717, 1.165) is 24.1 Å². The summed E-state index contributed by atoms with van der Waals surface area (Å²) in [6, 6.07) is 7.93. The van der Waals surface area contributed by atoms with Crippen LogP contribution in [-0.2, 0) is 16.0 Å². The van der Waals surface area contributed by atoms with E-state index in [4.69, 9.17) is 0 Å². The Hall–Kier alpha value is -2.83. The van der Waals surface area contributed by atoms with Gasteiger partial charge in [-0.05, 0) is 44.7 Å². The Bertz CT molecular complexity index is 914. The van der Waals surface area contributed by atoms with Crippen molar-refractivity contribution in [3.8, 4) is 0 Å². The fourth-order valence-corrected chi connectivity index (χ4v) is 4.41. The molecule has 2 saturated heterocycles. The summed E-state index contributed by atoms with van der Waals surface area (Å²) in [5.74, 6) is -0.150. The maximum atomic E-state index is 13.5. The molecular weight excluding hydrogens is 344 g/mol. The molecule has 7 nitrogen and oxygen atoms in total. The lowest BCUT2D eigenvalue weighted by molar-refractivity contribution is -0.144. The number of aromatic nitrogens is 2. The fourth-order valence-electron chi connectivity index (χ4n) is 4.41. The lowest BCUT2D eigenvalue weighted by atomic mass is 9.84. The van der Waals surface area contributed by atoms with Crippen LogP contribution < -0.4 is 10.5 Å². The van der Waals surface area contributed by atoms with Crippen molar-refractivity contribution in [3.05, 3.63) is 51.9 Å². The monoisotopic (exact) mass is 368 g/mol. The number of carbonyl (C=O) groups is 2. The third kappa shape index (κ3) is 2.97. The molecule has 2 fully saturated rings. The summed E-state index contributed by atoms with van der Waals surface area (Å²) >= 11 is 0. The number of nitrogens with one attached hydrogen (secondary N) is 2. The molecule has 2 aliphatic heterocycles. The number of carbonyl (C=O) groups excluding carboxylic acids is 2. The molecule has 1 atom stereocenters. The third-order valence-electron chi connectivity index (χ3n) is 5.82. The van der Waals surface area contributed by atoms with Crippen LogP contribution in [0.4, 0.5) is 5.69 Å². The van der Waals surface area contributed by atoms with Gasteiger partial charge in [0.2, 0.25) is 5.91 Å². The first kappa shape index (κ1) is 17.6. The number of amides is 2.